The highest BCUT2D eigenvalue weighted by molar-refractivity contribution is 7.89. The highest BCUT2D eigenvalue weighted by Crippen LogP contribution is 2.30. The SMILES string of the molecule is CCN(CC)S(=O)(=O)c1ccc(N2C[C@@H](C(=O)Nc3nc4ccc(F)cc4s3)CC2=O)cc1. The number of aromatic nitrogens is 1. The zero-order valence-electron chi connectivity index (χ0n) is 18.1. The molecule has 1 aliphatic rings. The second-order valence-corrected chi connectivity index (χ2v) is 10.6. The van der Waals surface area contributed by atoms with Crippen molar-refractivity contribution in [3.05, 3.63) is 48.3 Å². The monoisotopic (exact) mass is 490 g/mol. The van der Waals surface area contributed by atoms with Crippen LogP contribution < -0.4 is 10.2 Å². The normalized spacial score (nSPS) is 16.7. The minimum Gasteiger partial charge on any atom is -0.312 e. The molecule has 0 aliphatic carbocycles. The topological polar surface area (TPSA) is 99.7 Å². The molecule has 3 aromatic rings. The number of rotatable bonds is 7. The second-order valence-electron chi connectivity index (χ2n) is 7.61. The number of carbonyl (C=O) groups is 2. The molecule has 8 nitrogen and oxygen atoms in total. The lowest BCUT2D eigenvalue weighted by Crippen LogP contribution is -2.31. The summed E-state index contributed by atoms with van der Waals surface area (Å²) in [6.07, 6.45) is 0.0326. The van der Waals surface area contributed by atoms with Crippen LogP contribution in [0.3, 0.4) is 0 Å². The minimum atomic E-state index is -3.59. The van der Waals surface area contributed by atoms with Crippen LogP contribution >= 0.6 is 11.3 Å². The van der Waals surface area contributed by atoms with Crippen molar-refractivity contribution >= 4 is 54.2 Å². The van der Waals surface area contributed by atoms with Gasteiger partial charge >= 0.3 is 0 Å². The summed E-state index contributed by atoms with van der Waals surface area (Å²) in [5.41, 5.74) is 1.12. The molecule has 1 aromatic heterocycles. The van der Waals surface area contributed by atoms with Crippen molar-refractivity contribution in [2.75, 3.05) is 29.9 Å². The molecule has 2 aromatic carbocycles. The van der Waals surface area contributed by atoms with Crippen LogP contribution in [-0.2, 0) is 19.6 Å². The zero-order chi connectivity index (χ0) is 23.8. The summed E-state index contributed by atoms with van der Waals surface area (Å²) in [6.45, 7) is 4.45. The summed E-state index contributed by atoms with van der Waals surface area (Å²) in [7, 11) is -3.59. The molecule has 1 saturated heterocycles. The van der Waals surface area contributed by atoms with E-state index >= 15 is 0 Å². The number of anilines is 2. The zero-order valence-corrected chi connectivity index (χ0v) is 19.7. The lowest BCUT2D eigenvalue weighted by atomic mass is 10.1. The third-order valence-electron chi connectivity index (χ3n) is 5.57. The summed E-state index contributed by atoms with van der Waals surface area (Å²) < 4.78 is 40.7. The predicted molar refractivity (Wildman–Crippen MR) is 125 cm³/mol. The van der Waals surface area contributed by atoms with Crippen LogP contribution in [0.4, 0.5) is 15.2 Å². The van der Waals surface area contributed by atoms with Crippen LogP contribution in [0.2, 0.25) is 0 Å². The number of halogens is 1. The summed E-state index contributed by atoms with van der Waals surface area (Å²) in [4.78, 5) is 31.2. The Morgan fingerprint density at radius 3 is 2.58 bits per heavy atom. The smallest absolute Gasteiger partial charge is 0.243 e. The largest absolute Gasteiger partial charge is 0.312 e. The Morgan fingerprint density at radius 2 is 1.91 bits per heavy atom. The maximum Gasteiger partial charge on any atom is 0.243 e. The number of hydrogen-bond donors (Lipinski definition) is 1. The number of nitrogens with zero attached hydrogens (tertiary/aromatic N) is 3. The van der Waals surface area contributed by atoms with E-state index in [4.69, 9.17) is 0 Å². The van der Waals surface area contributed by atoms with Gasteiger partial charge in [-0.2, -0.15) is 4.31 Å². The highest BCUT2D eigenvalue weighted by Gasteiger charge is 2.35. The van der Waals surface area contributed by atoms with Crippen LogP contribution in [0.1, 0.15) is 20.3 Å². The number of amides is 2. The Bertz CT molecular complexity index is 1300. The molecule has 1 atom stereocenters. The molecule has 2 heterocycles. The van der Waals surface area contributed by atoms with Crippen molar-refractivity contribution in [3.63, 3.8) is 0 Å². The van der Waals surface area contributed by atoms with Crippen molar-refractivity contribution in [2.45, 2.75) is 25.2 Å². The van der Waals surface area contributed by atoms with E-state index in [1.165, 1.54) is 33.5 Å². The van der Waals surface area contributed by atoms with Crippen LogP contribution in [0, 0.1) is 11.7 Å². The molecule has 1 N–H and O–H groups in total. The Morgan fingerprint density at radius 1 is 1.21 bits per heavy atom. The average Bonchev–Trinajstić information content (AvgIpc) is 3.37. The molecule has 1 fully saturated rings. The number of benzene rings is 2. The van der Waals surface area contributed by atoms with Gasteiger partial charge in [-0.3, -0.25) is 9.59 Å². The fourth-order valence-corrected chi connectivity index (χ4v) is 6.15. The summed E-state index contributed by atoms with van der Waals surface area (Å²) >= 11 is 1.16. The van der Waals surface area contributed by atoms with E-state index in [9.17, 15) is 22.4 Å². The first-order chi connectivity index (χ1) is 15.7. The van der Waals surface area contributed by atoms with Gasteiger partial charge in [0, 0.05) is 31.7 Å². The molecule has 0 unspecified atom stereocenters. The molecule has 0 radical (unpaired) electrons. The van der Waals surface area contributed by atoms with E-state index in [1.807, 2.05) is 0 Å². The van der Waals surface area contributed by atoms with Gasteiger partial charge in [0.15, 0.2) is 5.13 Å². The van der Waals surface area contributed by atoms with Crippen LogP contribution in [0.5, 0.6) is 0 Å². The lowest BCUT2D eigenvalue weighted by molar-refractivity contribution is -0.122. The quantitative estimate of drug-likeness (QED) is 0.547. The number of fused-ring (bicyclic) bond motifs is 1. The van der Waals surface area contributed by atoms with E-state index in [0.717, 1.165) is 11.3 Å². The number of nitrogens with one attached hydrogen (secondary N) is 1. The summed E-state index contributed by atoms with van der Waals surface area (Å²) in [6, 6.07) is 10.3. The predicted octanol–water partition coefficient (Wildman–Crippen LogP) is 3.46. The van der Waals surface area contributed by atoms with Gasteiger partial charge in [-0.15, -0.1) is 0 Å². The maximum atomic E-state index is 13.4. The Balaban J connectivity index is 1.45. The van der Waals surface area contributed by atoms with Gasteiger partial charge < -0.3 is 10.2 Å². The van der Waals surface area contributed by atoms with Gasteiger partial charge in [0.05, 0.1) is 21.0 Å². The lowest BCUT2D eigenvalue weighted by Gasteiger charge is -2.20. The van der Waals surface area contributed by atoms with E-state index in [1.54, 1.807) is 32.0 Å². The van der Waals surface area contributed by atoms with Gasteiger partial charge in [-0.1, -0.05) is 25.2 Å². The first-order valence-electron chi connectivity index (χ1n) is 10.5. The number of thiazole rings is 1. The fraction of sp³-hybridized carbons (Fsp3) is 0.318. The van der Waals surface area contributed by atoms with Crippen molar-refractivity contribution < 1.29 is 22.4 Å². The van der Waals surface area contributed by atoms with Gasteiger partial charge in [0.25, 0.3) is 0 Å². The third-order valence-corrected chi connectivity index (χ3v) is 8.57. The van der Waals surface area contributed by atoms with Gasteiger partial charge in [0.2, 0.25) is 21.8 Å². The van der Waals surface area contributed by atoms with Gasteiger partial charge in [0.1, 0.15) is 5.82 Å². The second kappa shape index (κ2) is 9.16. The molecule has 0 saturated carbocycles. The van der Waals surface area contributed by atoms with Gasteiger partial charge in [-0.25, -0.2) is 17.8 Å². The molecular formula is C22H23FN4O4S2. The minimum absolute atomic E-state index is 0.0326. The Hall–Kier alpha value is -2.89. The molecule has 0 spiro atoms. The molecule has 0 bridgehead atoms. The van der Waals surface area contributed by atoms with Crippen molar-refractivity contribution in [2.24, 2.45) is 5.92 Å². The molecule has 2 amide bonds. The molecular weight excluding hydrogens is 467 g/mol. The van der Waals surface area contributed by atoms with Crippen LogP contribution in [0.25, 0.3) is 10.2 Å². The van der Waals surface area contributed by atoms with E-state index in [0.29, 0.717) is 34.1 Å². The number of carbonyl (C=O) groups excluding carboxylic acids is 2. The molecule has 1 aliphatic heterocycles. The Kier molecular flexibility index (Phi) is 6.46. The summed E-state index contributed by atoms with van der Waals surface area (Å²) in [5.74, 6) is -1.52. The van der Waals surface area contributed by atoms with E-state index in [-0.39, 0.29) is 35.5 Å². The van der Waals surface area contributed by atoms with Crippen molar-refractivity contribution in [1.82, 2.24) is 9.29 Å². The van der Waals surface area contributed by atoms with Crippen molar-refractivity contribution in [3.8, 4) is 0 Å². The first-order valence-corrected chi connectivity index (χ1v) is 12.8. The molecule has 174 valence electrons. The third kappa shape index (κ3) is 4.61. The van der Waals surface area contributed by atoms with E-state index in [2.05, 4.69) is 10.3 Å². The fourth-order valence-electron chi connectivity index (χ4n) is 3.80. The molecule has 4 rings (SSSR count). The van der Waals surface area contributed by atoms with Crippen LogP contribution in [0.15, 0.2) is 47.4 Å². The number of sulfonamides is 1. The number of hydrogen-bond acceptors (Lipinski definition) is 6. The van der Waals surface area contributed by atoms with Gasteiger partial charge in [-0.05, 0) is 42.5 Å². The van der Waals surface area contributed by atoms with Crippen LogP contribution in [-0.4, -0.2) is 49.2 Å². The Labute approximate surface area is 195 Å². The standard InChI is InChI=1S/C22H23FN4O4S2/c1-3-26(4-2)33(30,31)17-8-6-16(7-9-17)27-13-14(11-20(27)28)21(29)25-22-24-18-10-5-15(23)12-19(18)32-22/h5-10,12,14H,3-4,11,13H2,1-2H3,(H,24,25,29)/t14-/m0/s1. The van der Waals surface area contributed by atoms with Crippen molar-refractivity contribution in [1.29, 1.82) is 0 Å². The maximum absolute atomic E-state index is 13.4. The molecule has 11 heteroatoms. The molecule has 33 heavy (non-hydrogen) atoms. The average molecular weight is 491 g/mol. The van der Waals surface area contributed by atoms with E-state index < -0.39 is 15.9 Å². The first kappa shape index (κ1) is 23.3. The summed E-state index contributed by atoms with van der Waals surface area (Å²) in [5, 5.41) is 3.07. The highest BCUT2D eigenvalue weighted by atomic mass is 32.2.